The molecule has 0 heterocycles. The lowest BCUT2D eigenvalue weighted by Gasteiger charge is -2.43. The number of hydrogen-bond acceptors (Lipinski definition) is 4. The number of nitrogens with one attached hydrogen (secondary N) is 2. The summed E-state index contributed by atoms with van der Waals surface area (Å²) in [4.78, 5) is 23.5. The highest BCUT2D eigenvalue weighted by Gasteiger charge is 2.45. The molecule has 1 saturated carbocycles. The molecular weight excluding hydrogens is 453 g/mol. The molecule has 0 spiro atoms. The van der Waals surface area contributed by atoms with E-state index in [1.165, 1.54) is 6.42 Å². The maximum atomic E-state index is 12.6. The molecule has 194 valence electrons. The fraction of sp³-hybridized carbons (Fsp3) is 0.913. The average molecular weight is 497 g/mol. The first-order valence-corrected chi connectivity index (χ1v) is 14.5. The van der Waals surface area contributed by atoms with Gasteiger partial charge in [0.05, 0.1) is 0 Å². The SMILES string of the molecule is CC(C)(C)OC(=O)NC[Si@](C)(O[C@H](CCNC(=O)C(F)(F)F)CC1CCCCC1)C(C)(C)C. The van der Waals surface area contributed by atoms with Crippen molar-refractivity contribution < 1.29 is 31.9 Å². The van der Waals surface area contributed by atoms with E-state index in [4.69, 9.17) is 9.16 Å². The Morgan fingerprint density at radius 1 is 1.00 bits per heavy atom. The molecule has 2 N–H and O–H groups in total. The molecular formula is C23H43F3N2O4Si. The highest BCUT2D eigenvalue weighted by Crippen LogP contribution is 2.39. The van der Waals surface area contributed by atoms with Crippen LogP contribution >= 0.6 is 0 Å². The third-order valence-corrected chi connectivity index (χ3v) is 11.2. The summed E-state index contributed by atoms with van der Waals surface area (Å²) in [7, 11) is -2.60. The van der Waals surface area contributed by atoms with E-state index in [1.807, 2.05) is 11.9 Å². The van der Waals surface area contributed by atoms with Crippen molar-refractivity contribution in [2.75, 3.05) is 12.7 Å². The molecule has 2 atom stereocenters. The Balaban J connectivity index is 2.91. The molecule has 10 heteroatoms. The van der Waals surface area contributed by atoms with E-state index in [1.54, 1.807) is 20.8 Å². The summed E-state index contributed by atoms with van der Waals surface area (Å²) >= 11 is 0. The number of carbonyl (C=O) groups is 2. The van der Waals surface area contributed by atoms with Crippen LogP contribution < -0.4 is 10.6 Å². The third kappa shape index (κ3) is 11.1. The maximum Gasteiger partial charge on any atom is 0.471 e. The zero-order chi connectivity index (χ0) is 25.5. The van der Waals surface area contributed by atoms with Gasteiger partial charge in [-0.05, 0) is 51.1 Å². The molecule has 6 nitrogen and oxygen atoms in total. The maximum absolute atomic E-state index is 12.6. The fourth-order valence-corrected chi connectivity index (χ4v) is 6.27. The second kappa shape index (κ2) is 11.9. The standard InChI is InChI=1S/C23H43F3N2O4Si/c1-21(2,3)31-20(30)28-16-33(7,22(4,5)6)32-18(15-17-11-9-8-10-12-17)13-14-27-19(29)23(24,25)26/h17-18H,8-16H2,1-7H3,(H,27,29)(H,28,30)/t18-,33+/m1/s1. The highest BCUT2D eigenvalue weighted by atomic mass is 28.4. The summed E-state index contributed by atoms with van der Waals surface area (Å²) in [6.45, 7) is 13.5. The normalized spacial score (nSPS) is 18.8. The van der Waals surface area contributed by atoms with E-state index in [-0.39, 0.29) is 17.7 Å². The smallest absolute Gasteiger partial charge is 0.444 e. The van der Waals surface area contributed by atoms with Gasteiger partial charge in [0.1, 0.15) is 5.60 Å². The van der Waals surface area contributed by atoms with Gasteiger partial charge in [-0.25, -0.2) is 4.79 Å². The van der Waals surface area contributed by atoms with Crippen LogP contribution in [0.3, 0.4) is 0 Å². The number of carbonyl (C=O) groups excluding carboxylic acids is 2. The molecule has 1 aliphatic rings. The predicted molar refractivity (Wildman–Crippen MR) is 125 cm³/mol. The van der Waals surface area contributed by atoms with E-state index in [0.29, 0.717) is 18.5 Å². The Kier molecular flexibility index (Phi) is 10.7. The number of halogens is 3. The molecule has 0 aromatic carbocycles. The van der Waals surface area contributed by atoms with Gasteiger partial charge in [0, 0.05) is 18.8 Å². The molecule has 2 amide bonds. The molecule has 0 saturated heterocycles. The number of hydrogen-bond donors (Lipinski definition) is 2. The van der Waals surface area contributed by atoms with Crippen LogP contribution in [0.2, 0.25) is 11.6 Å². The van der Waals surface area contributed by atoms with Crippen LogP contribution in [0.4, 0.5) is 18.0 Å². The van der Waals surface area contributed by atoms with Gasteiger partial charge in [-0.2, -0.15) is 13.2 Å². The third-order valence-electron chi connectivity index (χ3n) is 6.31. The van der Waals surface area contributed by atoms with E-state index < -0.39 is 32.1 Å². The van der Waals surface area contributed by atoms with Crippen LogP contribution in [0.15, 0.2) is 0 Å². The van der Waals surface area contributed by atoms with Crippen molar-refractivity contribution in [3.8, 4) is 0 Å². The summed E-state index contributed by atoms with van der Waals surface area (Å²) < 4.78 is 49.8. The van der Waals surface area contributed by atoms with E-state index in [0.717, 1.165) is 32.1 Å². The minimum Gasteiger partial charge on any atom is -0.444 e. The number of amides is 2. The molecule has 1 rings (SSSR count). The lowest BCUT2D eigenvalue weighted by molar-refractivity contribution is -0.173. The number of rotatable bonds is 9. The van der Waals surface area contributed by atoms with E-state index in [2.05, 4.69) is 26.1 Å². The first kappa shape index (κ1) is 29.7. The van der Waals surface area contributed by atoms with Crippen molar-refractivity contribution in [2.45, 2.75) is 116 Å². The van der Waals surface area contributed by atoms with Gasteiger partial charge in [-0.1, -0.05) is 52.9 Å². The molecule has 0 bridgehead atoms. The van der Waals surface area contributed by atoms with Gasteiger partial charge < -0.3 is 19.8 Å². The summed E-state index contributed by atoms with van der Waals surface area (Å²) in [5.41, 5.74) is -0.620. The topological polar surface area (TPSA) is 76.7 Å². The van der Waals surface area contributed by atoms with Crippen LogP contribution in [-0.2, 0) is 14.0 Å². The molecule has 0 radical (unpaired) electrons. The monoisotopic (exact) mass is 496 g/mol. The Morgan fingerprint density at radius 2 is 1.58 bits per heavy atom. The summed E-state index contributed by atoms with van der Waals surface area (Å²) in [6, 6.07) is 0. The van der Waals surface area contributed by atoms with Gasteiger partial charge in [-0.3, -0.25) is 4.79 Å². The number of alkyl halides is 3. The van der Waals surface area contributed by atoms with E-state index >= 15 is 0 Å². The molecule has 0 unspecified atom stereocenters. The van der Waals surface area contributed by atoms with E-state index in [9.17, 15) is 22.8 Å². The van der Waals surface area contributed by atoms with Crippen LogP contribution in [0.25, 0.3) is 0 Å². The first-order valence-electron chi connectivity index (χ1n) is 11.9. The molecule has 0 aromatic rings. The number of ether oxygens (including phenoxy) is 1. The molecule has 0 aromatic heterocycles. The zero-order valence-electron chi connectivity index (χ0n) is 21.3. The second-order valence-electron chi connectivity index (χ2n) is 11.4. The van der Waals surface area contributed by atoms with Gasteiger partial charge in [-0.15, -0.1) is 0 Å². The van der Waals surface area contributed by atoms with Crippen molar-refractivity contribution >= 4 is 20.3 Å². The van der Waals surface area contributed by atoms with Crippen LogP contribution in [0.1, 0.15) is 86.5 Å². The largest absolute Gasteiger partial charge is 0.471 e. The van der Waals surface area contributed by atoms with Crippen molar-refractivity contribution in [3.63, 3.8) is 0 Å². The average Bonchev–Trinajstić information content (AvgIpc) is 2.64. The molecule has 1 fully saturated rings. The molecule has 0 aliphatic heterocycles. The minimum atomic E-state index is -4.90. The van der Waals surface area contributed by atoms with Crippen molar-refractivity contribution in [2.24, 2.45) is 5.92 Å². The predicted octanol–water partition coefficient (Wildman–Crippen LogP) is 5.85. The van der Waals surface area contributed by atoms with Crippen LogP contribution in [0, 0.1) is 5.92 Å². The van der Waals surface area contributed by atoms with Gasteiger partial charge >= 0.3 is 18.2 Å². The number of alkyl carbamates (subject to hydrolysis) is 1. The summed E-state index contributed by atoms with van der Waals surface area (Å²) in [6.07, 6.45) is 1.32. The Bertz CT molecular complexity index is 641. The Morgan fingerprint density at radius 3 is 2.06 bits per heavy atom. The Hall–Kier alpha value is -1.29. The summed E-state index contributed by atoms with van der Waals surface area (Å²) in [5.74, 6) is -1.47. The van der Waals surface area contributed by atoms with Gasteiger partial charge in [0.15, 0.2) is 0 Å². The van der Waals surface area contributed by atoms with Gasteiger partial charge in [0.2, 0.25) is 8.32 Å². The van der Waals surface area contributed by atoms with Crippen molar-refractivity contribution in [3.05, 3.63) is 0 Å². The second-order valence-corrected chi connectivity index (χ2v) is 15.9. The van der Waals surface area contributed by atoms with Crippen LogP contribution in [-0.4, -0.2) is 50.9 Å². The lowest BCUT2D eigenvalue weighted by Crippen LogP contribution is -2.56. The lowest BCUT2D eigenvalue weighted by atomic mass is 9.85. The first-order chi connectivity index (χ1) is 14.9. The fourth-order valence-electron chi connectivity index (χ4n) is 3.87. The summed E-state index contributed by atoms with van der Waals surface area (Å²) in [5, 5.41) is 4.57. The van der Waals surface area contributed by atoms with Crippen molar-refractivity contribution in [1.29, 1.82) is 0 Å². The quantitative estimate of drug-likeness (QED) is 0.393. The highest BCUT2D eigenvalue weighted by molar-refractivity contribution is 6.75. The Labute approximate surface area is 197 Å². The van der Waals surface area contributed by atoms with Crippen LogP contribution in [0.5, 0.6) is 0 Å². The molecule has 33 heavy (non-hydrogen) atoms. The van der Waals surface area contributed by atoms with Gasteiger partial charge in [0.25, 0.3) is 0 Å². The molecule has 1 aliphatic carbocycles. The minimum absolute atomic E-state index is 0.107. The zero-order valence-corrected chi connectivity index (χ0v) is 22.3. The van der Waals surface area contributed by atoms with Crippen molar-refractivity contribution in [1.82, 2.24) is 10.6 Å².